The fourth-order valence-electron chi connectivity index (χ4n) is 2.96. The molecule has 3 rings (SSSR count). The minimum atomic E-state index is -0.134. The molecule has 0 saturated heterocycles. The van der Waals surface area contributed by atoms with Crippen LogP contribution >= 0.6 is 0 Å². The fourth-order valence-corrected chi connectivity index (χ4v) is 2.96. The normalized spacial score (nSPS) is 11.4. The summed E-state index contributed by atoms with van der Waals surface area (Å²) in [5, 5.41) is 8.15. The molecule has 2 heterocycles. The summed E-state index contributed by atoms with van der Waals surface area (Å²) in [5.41, 5.74) is 3.43. The minimum absolute atomic E-state index is 0.134. The molecule has 0 aliphatic carbocycles. The smallest absolute Gasteiger partial charge is 0.252 e. The molecule has 0 bridgehead atoms. The Hall–Kier alpha value is -2.89. The predicted octanol–water partition coefficient (Wildman–Crippen LogP) is 4.25. The third-order valence-electron chi connectivity index (χ3n) is 4.59. The quantitative estimate of drug-likeness (QED) is 0.622. The topological polar surface area (TPSA) is 69.0 Å². The number of rotatable bonds is 7. The van der Waals surface area contributed by atoms with Crippen molar-refractivity contribution < 1.29 is 9.53 Å². The SMILES string of the molecule is Cc1ccc(OCCNC(=O)c2cc(C(C)C)nc3c2cnn3C(C)C)cc1. The number of pyridine rings is 1. The number of ether oxygens (including phenoxy) is 1. The van der Waals surface area contributed by atoms with E-state index in [-0.39, 0.29) is 17.9 Å². The summed E-state index contributed by atoms with van der Waals surface area (Å²) in [6.45, 7) is 11.1. The third kappa shape index (κ3) is 4.32. The van der Waals surface area contributed by atoms with Gasteiger partial charge in [-0.3, -0.25) is 4.79 Å². The van der Waals surface area contributed by atoms with Gasteiger partial charge in [-0.05, 0) is 44.9 Å². The van der Waals surface area contributed by atoms with Gasteiger partial charge >= 0.3 is 0 Å². The first kappa shape index (κ1) is 19.9. The number of nitrogens with zero attached hydrogens (tertiary/aromatic N) is 3. The molecule has 0 aliphatic heterocycles. The van der Waals surface area contributed by atoms with E-state index in [9.17, 15) is 4.79 Å². The Morgan fingerprint density at radius 3 is 2.54 bits per heavy atom. The van der Waals surface area contributed by atoms with Crippen LogP contribution in [0.25, 0.3) is 11.0 Å². The van der Waals surface area contributed by atoms with Gasteiger partial charge in [0.2, 0.25) is 0 Å². The van der Waals surface area contributed by atoms with Crippen molar-refractivity contribution in [2.24, 2.45) is 0 Å². The highest BCUT2D eigenvalue weighted by molar-refractivity contribution is 6.05. The molecule has 1 aromatic carbocycles. The van der Waals surface area contributed by atoms with E-state index >= 15 is 0 Å². The molecule has 0 saturated carbocycles. The lowest BCUT2D eigenvalue weighted by Gasteiger charge is -2.12. The molecule has 0 radical (unpaired) electrons. The Kier molecular flexibility index (Phi) is 5.97. The van der Waals surface area contributed by atoms with Crippen LogP contribution in [0.4, 0.5) is 0 Å². The first-order valence-electron chi connectivity index (χ1n) is 9.72. The standard InChI is InChI=1S/C22H28N4O2/c1-14(2)20-12-18(19-13-24-26(15(3)4)21(19)25-20)22(27)23-10-11-28-17-8-6-16(5)7-9-17/h6-9,12-15H,10-11H2,1-5H3,(H,23,27). The maximum absolute atomic E-state index is 12.8. The monoisotopic (exact) mass is 380 g/mol. The molecule has 1 amide bonds. The average Bonchev–Trinajstić information content (AvgIpc) is 3.10. The summed E-state index contributed by atoms with van der Waals surface area (Å²) < 4.78 is 7.55. The van der Waals surface area contributed by atoms with Crippen molar-refractivity contribution in [3.63, 3.8) is 0 Å². The van der Waals surface area contributed by atoms with Crippen molar-refractivity contribution in [2.45, 2.75) is 46.6 Å². The van der Waals surface area contributed by atoms with Gasteiger partial charge in [0.1, 0.15) is 12.4 Å². The van der Waals surface area contributed by atoms with Crippen molar-refractivity contribution in [1.29, 1.82) is 0 Å². The van der Waals surface area contributed by atoms with Crippen LogP contribution < -0.4 is 10.1 Å². The molecular weight excluding hydrogens is 352 g/mol. The first-order chi connectivity index (χ1) is 13.4. The van der Waals surface area contributed by atoms with Gasteiger partial charge in [-0.1, -0.05) is 31.5 Å². The number of hydrogen-bond acceptors (Lipinski definition) is 4. The Morgan fingerprint density at radius 2 is 1.89 bits per heavy atom. The Bertz CT molecular complexity index is 959. The van der Waals surface area contributed by atoms with E-state index in [1.807, 2.05) is 41.9 Å². The van der Waals surface area contributed by atoms with Gasteiger partial charge in [-0.15, -0.1) is 0 Å². The summed E-state index contributed by atoms with van der Waals surface area (Å²) >= 11 is 0. The van der Waals surface area contributed by atoms with Gasteiger partial charge in [0.25, 0.3) is 5.91 Å². The second kappa shape index (κ2) is 8.42. The maximum atomic E-state index is 12.8. The zero-order valence-electron chi connectivity index (χ0n) is 17.2. The second-order valence-electron chi connectivity index (χ2n) is 7.59. The van der Waals surface area contributed by atoms with E-state index in [1.165, 1.54) is 5.56 Å². The van der Waals surface area contributed by atoms with E-state index < -0.39 is 0 Å². The zero-order valence-corrected chi connectivity index (χ0v) is 17.2. The molecule has 3 aromatic rings. The fraction of sp³-hybridized carbons (Fsp3) is 0.409. The number of carbonyl (C=O) groups excluding carboxylic acids is 1. The summed E-state index contributed by atoms with van der Waals surface area (Å²) in [7, 11) is 0. The largest absolute Gasteiger partial charge is 0.492 e. The Morgan fingerprint density at radius 1 is 1.18 bits per heavy atom. The summed E-state index contributed by atoms with van der Waals surface area (Å²) in [6, 6.07) is 9.90. The molecule has 6 heteroatoms. The van der Waals surface area contributed by atoms with Crippen LogP contribution in [0.3, 0.4) is 0 Å². The molecule has 28 heavy (non-hydrogen) atoms. The number of fused-ring (bicyclic) bond motifs is 1. The maximum Gasteiger partial charge on any atom is 0.252 e. The molecule has 1 N–H and O–H groups in total. The molecule has 0 atom stereocenters. The van der Waals surface area contributed by atoms with Gasteiger partial charge in [-0.2, -0.15) is 5.10 Å². The van der Waals surface area contributed by atoms with E-state index in [1.54, 1.807) is 6.20 Å². The van der Waals surface area contributed by atoms with Gasteiger partial charge in [0.15, 0.2) is 5.65 Å². The van der Waals surface area contributed by atoms with Crippen LogP contribution in [-0.4, -0.2) is 33.8 Å². The molecular formula is C22H28N4O2. The van der Waals surface area contributed by atoms with Gasteiger partial charge < -0.3 is 10.1 Å². The molecule has 0 unspecified atom stereocenters. The predicted molar refractivity (Wildman–Crippen MR) is 111 cm³/mol. The van der Waals surface area contributed by atoms with E-state index in [2.05, 4.69) is 38.1 Å². The molecule has 2 aromatic heterocycles. The minimum Gasteiger partial charge on any atom is -0.492 e. The van der Waals surface area contributed by atoms with Crippen molar-refractivity contribution in [3.05, 3.63) is 53.3 Å². The van der Waals surface area contributed by atoms with Crippen LogP contribution in [0.1, 0.15) is 61.3 Å². The molecule has 6 nitrogen and oxygen atoms in total. The number of hydrogen-bond donors (Lipinski definition) is 1. The number of carbonyl (C=O) groups is 1. The van der Waals surface area contributed by atoms with Crippen LogP contribution in [0.5, 0.6) is 5.75 Å². The average molecular weight is 380 g/mol. The lowest BCUT2D eigenvalue weighted by molar-refractivity contribution is 0.0948. The van der Waals surface area contributed by atoms with Crippen LogP contribution in [0.2, 0.25) is 0 Å². The van der Waals surface area contributed by atoms with Crippen molar-refractivity contribution in [3.8, 4) is 5.75 Å². The number of nitrogens with one attached hydrogen (secondary N) is 1. The number of aryl methyl sites for hydroxylation is 1. The Balaban J connectivity index is 1.74. The third-order valence-corrected chi connectivity index (χ3v) is 4.59. The van der Waals surface area contributed by atoms with Crippen LogP contribution in [0.15, 0.2) is 36.5 Å². The van der Waals surface area contributed by atoms with Crippen LogP contribution in [-0.2, 0) is 0 Å². The highest BCUT2D eigenvalue weighted by Gasteiger charge is 2.18. The number of aromatic nitrogens is 3. The summed E-state index contributed by atoms with van der Waals surface area (Å²) in [6.07, 6.45) is 1.73. The lowest BCUT2D eigenvalue weighted by atomic mass is 10.0. The van der Waals surface area contributed by atoms with Gasteiger partial charge in [-0.25, -0.2) is 9.67 Å². The highest BCUT2D eigenvalue weighted by Crippen LogP contribution is 2.24. The van der Waals surface area contributed by atoms with E-state index in [0.29, 0.717) is 18.7 Å². The first-order valence-corrected chi connectivity index (χ1v) is 9.72. The molecule has 148 valence electrons. The molecule has 0 aliphatic rings. The second-order valence-corrected chi connectivity index (χ2v) is 7.59. The molecule has 0 fully saturated rings. The summed E-state index contributed by atoms with van der Waals surface area (Å²) in [4.78, 5) is 17.6. The van der Waals surface area contributed by atoms with E-state index in [0.717, 1.165) is 22.5 Å². The van der Waals surface area contributed by atoms with Gasteiger partial charge in [0, 0.05) is 11.7 Å². The van der Waals surface area contributed by atoms with Crippen molar-refractivity contribution in [1.82, 2.24) is 20.1 Å². The van der Waals surface area contributed by atoms with Crippen molar-refractivity contribution in [2.75, 3.05) is 13.2 Å². The summed E-state index contributed by atoms with van der Waals surface area (Å²) in [5.74, 6) is 0.882. The van der Waals surface area contributed by atoms with Gasteiger partial charge in [0.05, 0.1) is 23.7 Å². The van der Waals surface area contributed by atoms with Crippen LogP contribution in [0, 0.1) is 6.92 Å². The number of amides is 1. The number of benzene rings is 1. The Labute approximate surface area is 165 Å². The van der Waals surface area contributed by atoms with Crippen molar-refractivity contribution >= 4 is 16.9 Å². The molecule has 0 spiro atoms. The highest BCUT2D eigenvalue weighted by atomic mass is 16.5. The lowest BCUT2D eigenvalue weighted by Crippen LogP contribution is -2.28. The van der Waals surface area contributed by atoms with E-state index in [4.69, 9.17) is 9.72 Å². The zero-order chi connectivity index (χ0) is 20.3.